The number of carbonyl (C=O) groups is 1. The van der Waals surface area contributed by atoms with E-state index >= 15 is 0 Å². The Labute approximate surface area is 132 Å². The van der Waals surface area contributed by atoms with Crippen LogP contribution in [0.5, 0.6) is 0 Å². The fourth-order valence-corrected chi connectivity index (χ4v) is 2.13. The highest BCUT2D eigenvalue weighted by atomic mass is 35.5. The summed E-state index contributed by atoms with van der Waals surface area (Å²) in [5, 5.41) is 3.38. The zero-order valence-electron chi connectivity index (χ0n) is 11.6. The van der Waals surface area contributed by atoms with Crippen LogP contribution in [-0.4, -0.2) is 38.8 Å². The van der Waals surface area contributed by atoms with Crippen molar-refractivity contribution in [1.82, 2.24) is 5.32 Å². The summed E-state index contributed by atoms with van der Waals surface area (Å²) in [7, 11) is 0. The molecule has 114 valence electrons. The highest BCUT2D eigenvalue weighted by molar-refractivity contribution is 5.89. The van der Waals surface area contributed by atoms with Crippen molar-refractivity contribution in [2.45, 2.75) is 13.3 Å². The van der Waals surface area contributed by atoms with Gasteiger partial charge in [0, 0.05) is 25.3 Å². The number of ether oxygens (including phenoxy) is 1. The first-order valence-corrected chi connectivity index (χ1v) is 6.54. The van der Waals surface area contributed by atoms with E-state index in [9.17, 15) is 4.79 Å². The van der Waals surface area contributed by atoms with Crippen LogP contribution in [0.15, 0.2) is 24.3 Å². The van der Waals surface area contributed by atoms with Gasteiger partial charge in [-0.3, -0.25) is 0 Å². The van der Waals surface area contributed by atoms with Crippen LogP contribution in [0.3, 0.4) is 0 Å². The molecule has 0 spiro atoms. The van der Waals surface area contributed by atoms with Crippen LogP contribution in [0.2, 0.25) is 0 Å². The molecule has 1 fully saturated rings. The number of benzene rings is 1. The molecule has 4 nitrogen and oxygen atoms in total. The van der Waals surface area contributed by atoms with E-state index in [1.54, 1.807) is 0 Å². The number of nitrogens with zero attached hydrogens (tertiary/aromatic N) is 1. The van der Waals surface area contributed by atoms with Crippen LogP contribution >= 0.6 is 24.8 Å². The number of hydrogen-bond donors (Lipinski definition) is 1. The van der Waals surface area contributed by atoms with Crippen molar-refractivity contribution in [1.29, 1.82) is 0 Å². The highest BCUT2D eigenvalue weighted by Crippen LogP contribution is 2.16. The van der Waals surface area contributed by atoms with Crippen LogP contribution < -0.4 is 10.2 Å². The first-order chi connectivity index (χ1) is 8.81. The molecule has 1 aliphatic heterocycles. The van der Waals surface area contributed by atoms with E-state index in [4.69, 9.17) is 4.74 Å². The number of anilines is 1. The number of carbonyl (C=O) groups excluding carboxylic acids is 1. The molecule has 1 saturated heterocycles. The Balaban J connectivity index is 0.00000180. The maximum absolute atomic E-state index is 11.5. The van der Waals surface area contributed by atoms with Gasteiger partial charge in [0.1, 0.15) is 0 Å². The van der Waals surface area contributed by atoms with Crippen LogP contribution in [0, 0.1) is 0 Å². The van der Waals surface area contributed by atoms with Crippen molar-refractivity contribution >= 4 is 36.5 Å². The zero-order chi connectivity index (χ0) is 12.8. The molecule has 0 radical (unpaired) electrons. The van der Waals surface area contributed by atoms with Crippen LogP contribution in [0.25, 0.3) is 0 Å². The molecule has 0 saturated carbocycles. The van der Waals surface area contributed by atoms with Gasteiger partial charge in [-0.1, -0.05) is 0 Å². The molecule has 1 aromatic rings. The molecule has 0 bridgehead atoms. The molecule has 1 N–H and O–H groups in total. The third-order valence-electron chi connectivity index (χ3n) is 3.08. The Bertz CT molecular complexity index is 391. The summed E-state index contributed by atoms with van der Waals surface area (Å²) in [6.45, 7) is 6.40. The number of halogens is 2. The minimum Gasteiger partial charge on any atom is -0.462 e. The summed E-state index contributed by atoms with van der Waals surface area (Å²) in [4.78, 5) is 13.9. The molecule has 6 heteroatoms. The molecule has 1 aliphatic rings. The molecule has 0 unspecified atom stereocenters. The fourth-order valence-electron chi connectivity index (χ4n) is 2.13. The van der Waals surface area contributed by atoms with Crippen molar-refractivity contribution in [2.24, 2.45) is 0 Å². The van der Waals surface area contributed by atoms with E-state index in [0.717, 1.165) is 32.6 Å². The topological polar surface area (TPSA) is 41.6 Å². The molecule has 2 rings (SSSR count). The van der Waals surface area contributed by atoms with Crippen molar-refractivity contribution < 1.29 is 9.53 Å². The predicted molar refractivity (Wildman–Crippen MR) is 86.6 cm³/mol. The van der Waals surface area contributed by atoms with Crippen LogP contribution in [0.4, 0.5) is 5.69 Å². The first-order valence-electron chi connectivity index (χ1n) is 6.54. The van der Waals surface area contributed by atoms with Crippen LogP contribution in [-0.2, 0) is 4.74 Å². The van der Waals surface area contributed by atoms with E-state index in [-0.39, 0.29) is 30.8 Å². The van der Waals surface area contributed by atoms with Gasteiger partial charge in [-0.2, -0.15) is 0 Å². The maximum atomic E-state index is 11.5. The van der Waals surface area contributed by atoms with E-state index < -0.39 is 0 Å². The molecule has 1 heterocycles. The van der Waals surface area contributed by atoms with E-state index in [0.29, 0.717) is 12.2 Å². The van der Waals surface area contributed by atoms with Crippen molar-refractivity contribution in [3.05, 3.63) is 29.8 Å². The Hall–Kier alpha value is -0.970. The van der Waals surface area contributed by atoms with Gasteiger partial charge in [0.2, 0.25) is 0 Å². The third-order valence-corrected chi connectivity index (χ3v) is 3.08. The summed E-state index contributed by atoms with van der Waals surface area (Å²) in [6, 6.07) is 7.67. The second-order valence-electron chi connectivity index (χ2n) is 4.36. The summed E-state index contributed by atoms with van der Waals surface area (Å²) >= 11 is 0. The standard InChI is InChI=1S/C14H20N2O2.2ClH/c1-2-18-14(17)12-4-6-13(7-5-12)16-10-3-8-15-9-11-16;;/h4-7,15H,2-3,8-11H2,1H3;2*1H. The smallest absolute Gasteiger partial charge is 0.338 e. The van der Waals surface area contributed by atoms with Gasteiger partial charge >= 0.3 is 5.97 Å². The molecule has 0 aromatic heterocycles. The van der Waals surface area contributed by atoms with E-state index in [1.165, 1.54) is 5.69 Å². The van der Waals surface area contributed by atoms with Crippen molar-refractivity contribution in [3.63, 3.8) is 0 Å². The lowest BCUT2D eigenvalue weighted by atomic mass is 10.2. The first kappa shape index (κ1) is 19.0. The Morgan fingerprint density at radius 1 is 1.20 bits per heavy atom. The number of nitrogens with one attached hydrogen (secondary N) is 1. The highest BCUT2D eigenvalue weighted by Gasteiger charge is 2.11. The Morgan fingerprint density at radius 2 is 1.90 bits per heavy atom. The minimum atomic E-state index is -0.249. The fraction of sp³-hybridized carbons (Fsp3) is 0.500. The van der Waals surface area contributed by atoms with Crippen LogP contribution in [0.1, 0.15) is 23.7 Å². The van der Waals surface area contributed by atoms with Gasteiger partial charge in [0.05, 0.1) is 12.2 Å². The summed E-state index contributed by atoms with van der Waals surface area (Å²) < 4.78 is 4.97. The monoisotopic (exact) mass is 320 g/mol. The number of hydrogen-bond acceptors (Lipinski definition) is 4. The lowest BCUT2D eigenvalue weighted by Gasteiger charge is -2.22. The van der Waals surface area contributed by atoms with Gasteiger partial charge < -0.3 is 15.0 Å². The molecular formula is C14H22Cl2N2O2. The molecule has 0 atom stereocenters. The summed E-state index contributed by atoms with van der Waals surface area (Å²) in [5.74, 6) is -0.249. The summed E-state index contributed by atoms with van der Waals surface area (Å²) in [6.07, 6.45) is 1.15. The van der Waals surface area contributed by atoms with Gasteiger partial charge in [-0.15, -0.1) is 24.8 Å². The average molecular weight is 321 g/mol. The predicted octanol–water partition coefficient (Wildman–Crippen LogP) is 2.51. The third kappa shape index (κ3) is 5.19. The summed E-state index contributed by atoms with van der Waals surface area (Å²) in [5.41, 5.74) is 1.79. The lowest BCUT2D eigenvalue weighted by molar-refractivity contribution is 0.0526. The zero-order valence-corrected chi connectivity index (χ0v) is 13.3. The van der Waals surface area contributed by atoms with Gasteiger partial charge in [-0.05, 0) is 44.2 Å². The van der Waals surface area contributed by atoms with Gasteiger partial charge in [0.15, 0.2) is 0 Å². The number of rotatable bonds is 3. The van der Waals surface area contributed by atoms with E-state index in [2.05, 4.69) is 10.2 Å². The molecular weight excluding hydrogens is 299 g/mol. The Kier molecular flexibility index (Phi) is 9.38. The molecule has 1 aromatic carbocycles. The normalized spacial score (nSPS) is 14.6. The number of esters is 1. The SMILES string of the molecule is CCOC(=O)c1ccc(N2CCCNCC2)cc1.Cl.Cl. The van der Waals surface area contributed by atoms with Crippen molar-refractivity contribution in [3.8, 4) is 0 Å². The largest absolute Gasteiger partial charge is 0.462 e. The molecule has 0 amide bonds. The second-order valence-corrected chi connectivity index (χ2v) is 4.36. The van der Waals surface area contributed by atoms with Crippen molar-refractivity contribution in [2.75, 3.05) is 37.7 Å². The second kappa shape index (κ2) is 9.86. The quantitative estimate of drug-likeness (QED) is 0.869. The Morgan fingerprint density at radius 3 is 2.55 bits per heavy atom. The minimum absolute atomic E-state index is 0. The molecule has 20 heavy (non-hydrogen) atoms. The average Bonchev–Trinajstić information content (AvgIpc) is 2.68. The lowest BCUT2D eigenvalue weighted by Crippen LogP contribution is -2.27. The maximum Gasteiger partial charge on any atom is 0.338 e. The van der Waals surface area contributed by atoms with Gasteiger partial charge in [-0.25, -0.2) is 4.79 Å². The van der Waals surface area contributed by atoms with Gasteiger partial charge in [0.25, 0.3) is 0 Å². The molecule has 0 aliphatic carbocycles. The van der Waals surface area contributed by atoms with E-state index in [1.807, 2.05) is 31.2 Å².